The van der Waals surface area contributed by atoms with Gasteiger partial charge in [0, 0.05) is 11.3 Å². The first kappa shape index (κ1) is 17.8. The van der Waals surface area contributed by atoms with Crippen molar-refractivity contribution in [3.8, 4) is 0 Å². The van der Waals surface area contributed by atoms with Gasteiger partial charge in [0.05, 0.1) is 6.61 Å². The highest BCUT2D eigenvalue weighted by Crippen LogP contribution is 2.08. The van der Waals surface area contributed by atoms with Gasteiger partial charge in [-0.05, 0) is 24.6 Å². The summed E-state index contributed by atoms with van der Waals surface area (Å²) in [4.78, 5) is 38.1. The number of thiol groups is 1. The lowest BCUT2D eigenvalue weighted by Gasteiger charge is -2.15. The molecule has 0 saturated heterocycles. The zero-order chi connectivity index (χ0) is 16.5. The summed E-state index contributed by atoms with van der Waals surface area (Å²) in [5, 5.41) is 11.7. The van der Waals surface area contributed by atoms with Crippen molar-refractivity contribution in [2.45, 2.75) is 19.6 Å². The van der Waals surface area contributed by atoms with Gasteiger partial charge in [0.25, 0.3) is 11.0 Å². The van der Waals surface area contributed by atoms with E-state index in [9.17, 15) is 19.7 Å². The SMILES string of the molecule is CCOC(=O)[C@H](CS)NC(=O)c1cccc(CO[N+](=O)[O-])c1. The van der Waals surface area contributed by atoms with E-state index in [4.69, 9.17) is 4.74 Å². The molecular formula is C13H16N2O6S. The van der Waals surface area contributed by atoms with E-state index in [1.165, 1.54) is 12.1 Å². The molecule has 0 bridgehead atoms. The molecule has 0 radical (unpaired) electrons. The van der Waals surface area contributed by atoms with Crippen LogP contribution in [0.1, 0.15) is 22.8 Å². The summed E-state index contributed by atoms with van der Waals surface area (Å²) in [6.45, 7) is 1.60. The first-order valence-corrected chi connectivity index (χ1v) is 7.05. The number of rotatable bonds is 8. The Kier molecular flexibility index (Phi) is 7.17. The predicted molar refractivity (Wildman–Crippen MR) is 80.0 cm³/mol. The monoisotopic (exact) mass is 328 g/mol. The van der Waals surface area contributed by atoms with Gasteiger partial charge in [-0.2, -0.15) is 12.6 Å². The van der Waals surface area contributed by atoms with Crippen LogP contribution in [-0.2, 0) is 21.0 Å². The Balaban J connectivity index is 2.73. The molecule has 1 aromatic carbocycles. The van der Waals surface area contributed by atoms with Crippen molar-refractivity contribution >= 4 is 24.5 Å². The summed E-state index contributed by atoms with van der Waals surface area (Å²) in [6, 6.07) is 5.25. The molecule has 1 rings (SSSR count). The number of ether oxygens (including phenoxy) is 1. The molecule has 1 amide bonds. The lowest BCUT2D eigenvalue weighted by atomic mass is 10.1. The molecular weight excluding hydrogens is 312 g/mol. The molecule has 0 aromatic heterocycles. The van der Waals surface area contributed by atoms with Crippen molar-refractivity contribution in [1.82, 2.24) is 5.32 Å². The molecule has 0 saturated carbocycles. The van der Waals surface area contributed by atoms with Gasteiger partial charge in [-0.1, -0.05) is 12.1 Å². The number of hydrogen-bond acceptors (Lipinski definition) is 7. The van der Waals surface area contributed by atoms with E-state index in [2.05, 4.69) is 22.8 Å². The van der Waals surface area contributed by atoms with Crippen molar-refractivity contribution in [3.63, 3.8) is 0 Å². The van der Waals surface area contributed by atoms with Gasteiger partial charge in [-0.15, -0.1) is 10.1 Å². The minimum atomic E-state index is -0.912. The molecule has 8 nitrogen and oxygen atoms in total. The minimum absolute atomic E-state index is 0.0920. The molecule has 1 N–H and O–H groups in total. The summed E-state index contributed by atoms with van der Waals surface area (Å²) >= 11 is 4.00. The molecule has 0 unspecified atom stereocenters. The van der Waals surface area contributed by atoms with Crippen molar-refractivity contribution in [1.29, 1.82) is 0 Å². The third-order valence-corrected chi connectivity index (χ3v) is 2.95. The highest BCUT2D eigenvalue weighted by molar-refractivity contribution is 7.80. The topological polar surface area (TPSA) is 108 Å². The Bertz CT molecular complexity index is 551. The first-order chi connectivity index (χ1) is 10.5. The molecule has 1 atom stereocenters. The zero-order valence-corrected chi connectivity index (χ0v) is 12.7. The van der Waals surface area contributed by atoms with E-state index in [1.807, 2.05) is 0 Å². The van der Waals surface area contributed by atoms with Gasteiger partial charge in [0.2, 0.25) is 0 Å². The maximum atomic E-state index is 12.1. The molecule has 0 aliphatic carbocycles. The van der Waals surface area contributed by atoms with Crippen LogP contribution in [0.15, 0.2) is 24.3 Å². The van der Waals surface area contributed by atoms with Crippen LogP contribution in [0.25, 0.3) is 0 Å². The van der Waals surface area contributed by atoms with E-state index < -0.39 is 23.0 Å². The number of nitrogens with zero attached hydrogens (tertiary/aromatic N) is 1. The highest BCUT2D eigenvalue weighted by atomic mass is 32.1. The zero-order valence-electron chi connectivity index (χ0n) is 11.9. The van der Waals surface area contributed by atoms with Gasteiger partial charge >= 0.3 is 5.97 Å². The van der Waals surface area contributed by atoms with Crippen LogP contribution in [0.2, 0.25) is 0 Å². The largest absolute Gasteiger partial charge is 0.464 e. The van der Waals surface area contributed by atoms with Gasteiger partial charge in [0.1, 0.15) is 12.6 Å². The van der Waals surface area contributed by atoms with Crippen molar-refractivity contribution < 1.29 is 24.3 Å². The van der Waals surface area contributed by atoms with Crippen LogP contribution in [0.5, 0.6) is 0 Å². The van der Waals surface area contributed by atoms with Gasteiger partial charge in [-0.3, -0.25) is 4.79 Å². The average Bonchev–Trinajstić information content (AvgIpc) is 2.50. The van der Waals surface area contributed by atoms with Gasteiger partial charge < -0.3 is 14.9 Å². The van der Waals surface area contributed by atoms with E-state index in [-0.39, 0.29) is 24.5 Å². The molecule has 0 fully saturated rings. The van der Waals surface area contributed by atoms with Crippen LogP contribution in [-0.4, -0.2) is 35.4 Å². The number of benzene rings is 1. The third-order valence-electron chi connectivity index (χ3n) is 2.58. The van der Waals surface area contributed by atoms with Crippen LogP contribution < -0.4 is 5.32 Å². The number of carbonyl (C=O) groups excluding carboxylic acids is 2. The summed E-state index contributed by atoms with van der Waals surface area (Å²) in [5.74, 6) is -0.983. The van der Waals surface area contributed by atoms with Crippen molar-refractivity contribution in [2.75, 3.05) is 12.4 Å². The maximum absolute atomic E-state index is 12.1. The molecule has 22 heavy (non-hydrogen) atoms. The number of nitrogens with one attached hydrogen (secondary N) is 1. The Hall–Kier alpha value is -2.29. The number of esters is 1. The predicted octanol–water partition coefficient (Wildman–Crippen LogP) is 0.986. The van der Waals surface area contributed by atoms with E-state index in [0.717, 1.165) is 0 Å². The first-order valence-electron chi connectivity index (χ1n) is 6.42. The van der Waals surface area contributed by atoms with Gasteiger partial charge in [0.15, 0.2) is 0 Å². The quantitative estimate of drug-likeness (QED) is 0.319. The van der Waals surface area contributed by atoms with Crippen LogP contribution in [0.3, 0.4) is 0 Å². The second-order valence-electron chi connectivity index (χ2n) is 4.16. The van der Waals surface area contributed by atoms with E-state index in [1.54, 1.807) is 19.1 Å². The second kappa shape index (κ2) is 8.88. The summed E-state index contributed by atoms with van der Waals surface area (Å²) < 4.78 is 4.82. The van der Waals surface area contributed by atoms with Gasteiger partial charge in [-0.25, -0.2) is 4.79 Å². The fourth-order valence-electron chi connectivity index (χ4n) is 1.59. The second-order valence-corrected chi connectivity index (χ2v) is 4.52. The molecule has 120 valence electrons. The van der Waals surface area contributed by atoms with Crippen LogP contribution >= 0.6 is 12.6 Å². The summed E-state index contributed by atoms with van der Waals surface area (Å²) in [6.07, 6.45) is 0. The minimum Gasteiger partial charge on any atom is -0.464 e. The molecule has 9 heteroatoms. The number of carbonyl (C=O) groups is 2. The Morgan fingerprint density at radius 3 is 2.77 bits per heavy atom. The average molecular weight is 328 g/mol. The lowest BCUT2D eigenvalue weighted by Crippen LogP contribution is -2.43. The van der Waals surface area contributed by atoms with Crippen molar-refractivity contribution in [2.24, 2.45) is 0 Å². The highest BCUT2D eigenvalue weighted by Gasteiger charge is 2.21. The Labute approximate surface area is 132 Å². The third kappa shape index (κ3) is 5.60. The molecule has 0 aliphatic heterocycles. The molecule has 0 heterocycles. The number of hydrogen-bond donors (Lipinski definition) is 2. The standard InChI is InChI=1S/C13H16N2O6S/c1-2-20-13(17)11(8-22)14-12(16)10-5-3-4-9(6-10)7-21-15(18)19/h3-6,11,22H,2,7-8H2,1H3,(H,14,16)/t11-/m0/s1. The molecule has 0 spiro atoms. The van der Waals surface area contributed by atoms with E-state index in [0.29, 0.717) is 5.56 Å². The van der Waals surface area contributed by atoms with E-state index >= 15 is 0 Å². The molecule has 0 aliphatic rings. The van der Waals surface area contributed by atoms with Crippen molar-refractivity contribution in [3.05, 3.63) is 45.5 Å². The maximum Gasteiger partial charge on any atom is 0.329 e. The summed E-state index contributed by atoms with van der Waals surface area (Å²) in [5.41, 5.74) is 0.712. The van der Waals surface area contributed by atoms with Crippen LogP contribution in [0, 0.1) is 10.1 Å². The Morgan fingerprint density at radius 2 is 2.18 bits per heavy atom. The Morgan fingerprint density at radius 1 is 1.45 bits per heavy atom. The van der Waals surface area contributed by atoms with Crippen LogP contribution in [0.4, 0.5) is 0 Å². The smallest absolute Gasteiger partial charge is 0.329 e. The lowest BCUT2D eigenvalue weighted by molar-refractivity contribution is -0.763. The molecule has 1 aromatic rings. The fourth-order valence-corrected chi connectivity index (χ4v) is 1.83. The summed E-state index contributed by atoms with van der Waals surface area (Å²) in [7, 11) is 0. The fraction of sp³-hybridized carbons (Fsp3) is 0.385. The normalized spacial score (nSPS) is 11.4. The number of amides is 1.